The van der Waals surface area contributed by atoms with Gasteiger partial charge in [0.05, 0.1) is 7.11 Å². The Morgan fingerprint density at radius 1 is 1.24 bits per heavy atom. The molecule has 2 aromatic carbocycles. The van der Waals surface area contributed by atoms with E-state index >= 15 is 0 Å². The molecule has 0 fully saturated rings. The number of benzene rings is 2. The highest BCUT2D eigenvalue weighted by molar-refractivity contribution is 5.94. The molecular weight excluding hydrogens is 316 g/mol. The number of ether oxygens (including phenoxy) is 1. The largest absolute Gasteiger partial charge is 0.497 e. The van der Waals surface area contributed by atoms with E-state index in [2.05, 4.69) is 22.4 Å². The topological polar surface area (TPSA) is 80.0 Å². The Labute approximate surface area is 147 Å². The van der Waals surface area contributed by atoms with Gasteiger partial charge >= 0.3 is 0 Å². The Hall–Kier alpha value is -3.02. The molecule has 0 bridgehead atoms. The Morgan fingerprint density at radius 2 is 2.04 bits per heavy atom. The number of carbonyl (C=O) groups excluding carboxylic acids is 1. The first-order chi connectivity index (χ1) is 12.2. The summed E-state index contributed by atoms with van der Waals surface area (Å²) in [5.41, 5.74) is 9.16. The number of carbonyl (C=O) groups is 1. The first-order valence-electron chi connectivity index (χ1n) is 8.21. The molecule has 3 N–H and O–H groups in total. The van der Waals surface area contributed by atoms with Gasteiger partial charge in [-0.05, 0) is 29.7 Å². The van der Waals surface area contributed by atoms with Crippen molar-refractivity contribution >= 4 is 17.6 Å². The SMILES string of the molecule is COc1cccc(NC(N)=NCC(=O)N2CCc3ccccc3C2)c1. The maximum atomic E-state index is 12.4. The van der Waals surface area contributed by atoms with Gasteiger partial charge in [-0.15, -0.1) is 0 Å². The van der Waals surface area contributed by atoms with Crippen molar-refractivity contribution in [3.63, 3.8) is 0 Å². The maximum absolute atomic E-state index is 12.4. The van der Waals surface area contributed by atoms with Gasteiger partial charge in [-0.3, -0.25) is 4.79 Å². The van der Waals surface area contributed by atoms with Gasteiger partial charge in [0.1, 0.15) is 12.3 Å². The molecule has 0 aromatic heterocycles. The third-order valence-electron chi connectivity index (χ3n) is 4.21. The van der Waals surface area contributed by atoms with E-state index in [1.165, 1.54) is 11.1 Å². The minimum atomic E-state index is -0.0232. The third-order valence-corrected chi connectivity index (χ3v) is 4.21. The average Bonchev–Trinajstić information content (AvgIpc) is 2.65. The molecule has 0 unspecified atom stereocenters. The van der Waals surface area contributed by atoms with Crippen LogP contribution in [0.4, 0.5) is 5.69 Å². The summed E-state index contributed by atoms with van der Waals surface area (Å²) < 4.78 is 5.16. The van der Waals surface area contributed by atoms with Crippen molar-refractivity contribution in [1.82, 2.24) is 4.90 Å². The first kappa shape index (κ1) is 16.8. The van der Waals surface area contributed by atoms with Crippen molar-refractivity contribution in [3.05, 3.63) is 59.7 Å². The number of hydrogen-bond donors (Lipinski definition) is 2. The van der Waals surface area contributed by atoms with E-state index in [1.807, 2.05) is 41.3 Å². The van der Waals surface area contributed by atoms with E-state index in [4.69, 9.17) is 10.5 Å². The van der Waals surface area contributed by atoms with Crippen molar-refractivity contribution in [3.8, 4) is 5.75 Å². The highest BCUT2D eigenvalue weighted by atomic mass is 16.5. The second-order valence-corrected chi connectivity index (χ2v) is 5.89. The standard InChI is InChI=1S/C19H22N4O2/c1-25-17-8-4-7-16(11-17)22-19(20)21-12-18(24)23-10-9-14-5-2-3-6-15(14)13-23/h2-8,11H,9-10,12-13H2,1H3,(H3,20,21,22). The molecule has 6 nitrogen and oxygen atoms in total. The predicted octanol–water partition coefficient (Wildman–Crippen LogP) is 2.01. The van der Waals surface area contributed by atoms with Gasteiger partial charge in [-0.25, -0.2) is 4.99 Å². The summed E-state index contributed by atoms with van der Waals surface area (Å²) in [6, 6.07) is 15.6. The van der Waals surface area contributed by atoms with E-state index < -0.39 is 0 Å². The lowest BCUT2D eigenvalue weighted by molar-refractivity contribution is -0.130. The number of rotatable bonds is 4. The molecule has 0 radical (unpaired) electrons. The molecule has 0 saturated carbocycles. The first-order valence-corrected chi connectivity index (χ1v) is 8.21. The second kappa shape index (κ2) is 7.70. The molecule has 0 spiro atoms. The molecule has 1 aliphatic rings. The molecule has 2 aromatic rings. The summed E-state index contributed by atoms with van der Waals surface area (Å²) in [5, 5.41) is 2.97. The van der Waals surface area contributed by atoms with Crippen LogP contribution in [-0.2, 0) is 17.8 Å². The zero-order valence-corrected chi connectivity index (χ0v) is 14.2. The summed E-state index contributed by atoms with van der Waals surface area (Å²) in [7, 11) is 1.60. The Bertz CT molecular complexity index is 788. The highest BCUT2D eigenvalue weighted by Gasteiger charge is 2.19. The number of guanidine groups is 1. The summed E-state index contributed by atoms with van der Waals surface area (Å²) in [4.78, 5) is 18.4. The number of amides is 1. The van der Waals surface area contributed by atoms with E-state index in [1.54, 1.807) is 7.11 Å². The fraction of sp³-hybridized carbons (Fsp3) is 0.263. The number of hydrogen-bond acceptors (Lipinski definition) is 3. The van der Waals surface area contributed by atoms with Crippen LogP contribution in [0.15, 0.2) is 53.5 Å². The van der Waals surface area contributed by atoms with Crippen LogP contribution in [0.3, 0.4) is 0 Å². The summed E-state index contributed by atoms with van der Waals surface area (Å²) in [6.07, 6.45) is 0.878. The number of nitrogens with two attached hydrogens (primary N) is 1. The molecule has 0 saturated heterocycles. The van der Waals surface area contributed by atoms with Crippen LogP contribution in [0.1, 0.15) is 11.1 Å². The van der Waals surface area contributed by atoms with Crippen LogP contribution < -0.4 is 15.8 Å². The number of fused-ring (bicyclic) bond motifs is 1. The highest BCUT2D eigenvalue weighted by Crippen LogP contribution is 2.18. The van der Waals surface area contributed by atoms with Gasteiger partial charge in [-0.1, -0.05) is 30.3 Å². The third kappa shape index (κ3) is 4.29. The smallest absolute Gasteiger partial charge is 0.244 e. The van der Waals surface area contributed by atoms with Crippen LogP contribution in [0, 0.1) is 0 Å². The fourth-order valence-corrected chi connectivity index (χ4v) is 2.85. The van der Waals surface area contributed by atoms with Gasteiger partial charge in [0.25, 0.3) is 0 Å². The van der Waals surface area contributed by atoms with Gasteiger partial charge in [0.15, 0.2) is 5.96 Å². The quantitative estimate of drug-likeness (QED) is 0.660. The van der Waals surface area contributed by atoms with Crippen molar-refractivity contribution < 1.29 is 9.53 Å². The number of aliphatic imine (C=N–C) groups is 1. The minimum Gasteiger partial charge on any atom is -0.497 e. The van der Waals surface area contributed by atoms with Crippen LogP contribution in [-0.4, -0.2) is 37.0 Å². The van der Waals surface area contributed by atoms with Gasteiger partial charge in [0, 0.05) is 24.8 Å². The van der Waals surface area contributed by atoms with E-state index in [-0.39, 0.29) is 18.4 Å². The molecule has 6 heteroatoms. The predicted molar refractivity (Wildman–Crippen MR) is 98.7 cm³/mol. The van der Waals surface area contributed by atoms with Gasteiger partial charge < -0.3 is 20.7 Å². The Kier molecular flexibility index (Phi) is 5.18. The van der Waals surface area contributed by atoms with E-state index in [0.717, 1.165) is 17.9 Å². The van der Waals surface area contributed by atoms with Crippen molar-refractivity contribution in [1.29, 1.82) is 0 Å². The average molecular weight is 338 g/mol. The van der Waals surface area contributed by atoms with Crippen molar-refractivity contribution in [2.75, 3.05) is 25.5 Å². The summed E-state index contributed by atoms with van der Waals surface area (Å²) in [6.45, 7) is 1.38. The lowest BCUT2D eigenvalue weighted by Crippen LogP contribution is -2.38. The lowest BCUT2D eigenvalue weighted by atomic mass is 10.00. The summed E-state index contributed by atoms with van der Waals surface area (Å²) in [5.74, 6) is 0.907. The maximum Gasteiger partial charge on any atom is 0.244 e. The zero-order valence-electron chi connectivity index (χ0n) is 14.2. The van der Waals surface area contributed by atoms with E-state index in [0.29, 0.717) is 13.1 Å². The molecule has 1 heterocycles. The lowest BCUT2D eigenvalue weighted by Gasteiger charge is -2.28. The molecule has 0 aliphatic carbocycles. The van der Waals surface area contributed by atoms with Crippen LogP contribution in [0.5, 0.6) is 5.75 Å². The number of nitrogens with one attached hydrogen (secondary N) is 1. The number of anilines is 1. The van der Waals surface area contributed by atoms with Gasteiger partial charge in [-0.2, -0.15) is 0 Å². The fourth-order valence-electron chi connectivity index (χ4n) is 2.85. The summed E-state index contributed by atoms with van der Waals surface area (Å²) >= 11 is 0. The van der Waals surface area contributed by atoms with Crippen molar-refractivity contribution in [2.24, 2.45) is 10.7 Å². The second-order valence-electron chi connectivity index (χ2n) is 5.89. The molecule has 3 rings (SSSR count). The molecule has 25 heavy (non-hydrogen) atoms. The van der Waals surface area contributed by atoms with Gasteiger partial charge in [0.2, 0.25) is 5.91 Å². The van der Waals surface area contributed by atoms with E-state index in [9.17, 15) is 4.79 Å². The minimum absolute atomic E-state index is 0.0232. The normalized spacial score (nSPS) is 14.0. The molecule has 1 aliphatic heterocycles. The molecular formula is C19H22N4O2. The van der Waals surface area contributed by atoms with Crippen LogP contribution in [0.25, 0.3) is 0 Å². The Morgan fingerprint density at radius 3 is 2.84 bits per heavy atom. The Balaban J connectivity index is 1.57. The monoisotopic (exact) mass is 338 g/mol. The molecule has 1 amide bonds. The number of nitrogens with zero attached hydrogens (tertiary/aromatic N) is 2. The van der Waals surface area contributed by atoms with Crippen molar-refractivity contribution in [2.45, 2.75) is 13.0 Å². The zero-order chi connectivity index (χ0) is 17.6. The van der Waals surface area contributed by atoms with Crippen LogP contribution >= 0.6 is 0 Å². The molecule has 130 valence electrons. The van der Waals surface area contributed by atoms with Crippen LogP contribution in [0.2, 0.25) is 0 Å². The molecule has 0 atom stereocenters. The number of methoxy groups -OCH3 is 1.